The maximum Gasteiger partial charge on any atom is 0.319 e. The normalized spacial score (nSPS) is 22.6. The number of thiophene rings is 1. The van der Waals surface area contributed by atoms with Gasteiger partial charge in [0.05, 0.1) is 24.2 Å². The fraction of sp³-hybridized carbons (Fsp3) is 0.514. The predicted octanol–water partition coefficient (Wildman–Crippen LogP) is 5.44. The van der Waals surface area contributed by atoms with Crippen molar-refractivity contribution in [3.63, 3.8) is 0 Å². The Balaban J connectivity index is 1.31. The lowest BCUT2D eigenvalue weighted by molar-refractivity contribution is 0.135. The van der Waals surface area contributed by atoms with Gasteiger partial charge in [-0.2, -0.15) is 15.2 Å². The summed E-state index contributed by atoms with van der Waals surface area (Å²) in [7, 11) is 3.81. The van der Waals surface area contributed by atoms with Crippen molar-refractivity contribution in [1.29, 1.82) is 5.26 Å². The number of anilines is 2. The molecule has 6 heterocycles. The van der Waals surface area contributed by atoms with Crippen molar-refractivity contribution in [1.82, 2.24) is 19.8 Å². The number of rotatable bonds is 9. The van der Waals surface area contributed by atoms with Crippen LogP contribution in [0.5, 0.6) is 6.01 Å². The van der Waals surface area contributed by atoms with Gasteiger partial charge in [-0.15, -0.1) is 11.3 Å². The minimum Gasteiger partial charge on any atom is -0.462 e. The number of nitrogen functional groups attached to an aromatic ring is 1. The third-order valence-electron chi connectivity index (χ3n) is 10.7. The number of fused-ring (bicyclic) bond motifs is 6. The van der Waals surface area contributed by atoms with Crippen LogP contribution in [0.1, 0.15) is 48.8 Å². The molecule has 0 saturated carbocycles. The van der Waals surface area contributed by atoms with Gasteiger partial charge in [0.2, 0.25) is 0 Å². The van der Waals surface area contributed by atoms with E-state index in [0.717, 1.165) is 70.5 Å². The number of likely N-dealkylation sites (tertiary alicyclic amines) is 2. The summed E-state index contributed by atoms with van der Waals surface area (Å²) >= 11 is 1.19. The maximum atomic E-state index is 17.4. The Bertz CT molecular complexity index is 1930. The number of hydrogen-bond donors (Lipinski definition) is 1. The van der Waals surface area contributed by atoms with Crippen LogP contribution in [0.15, 0.2) is 12.1 Å². The summed E-state index contributed by atoms with van der Waals surface area (Å²) in [6.45, 7) is 5.11. The van der Waals surface area contributed by atoms with E-state index in [1.807, 2.05) is 0 Å². The largest absolute Gasteiger partial charge is 0.462 e. The first-order chi connectivity index (χ1) is 23.4. The van der Waals surface area contributed by atoms with E-state index < -0.39 is 11.6 Å². The molecule has 8 rings (SSSR count). The van der Waals surface area contributed by atoms with Crippen molar-refractivity contribution < 1.29 is 23.0 Å². The molecule has 13 heteroatoms. The Morgan fingerprint density at radius 1 is 1.08 bits per heavy atom. The van der Waals surface area contributed by atoms with Gasteiger partial charge in [-0.05, 0) is 69.0 Å². The Hall–Kier alpha value is -3.67. The number of likely N-dealkylation sites (N-methyl/N-ethyl adjacent to an activating group) is 1. The SMILES string of the molecule is COCCCN1CC2CCC(C1)N2c1nc(OC[C@@H]2CCCN2C)nc2c(F)c(-c3c(F)ccc4sc(N)c(C#N)c34)c3c(c12)COC3. The minimum absolute atomic E-state index is 0.0121. The third-order valence-corrected chi connectivity index (χ3v) is 11.6. The molecular weight excluding hydrogens is 636 g/mol. The number of hydrogen-bond acceptors (Lipinski definition) is 11. The standard InChI is InChI=1S/C35H39F2N7O3S/c1-42-10-3-5-21(42)16-47-35-40-32-29(34(41-35)44-19-6-7-20(44)15-43(14-19)11-4-12-45-2)24-18-46-17-23(24)28(31(32)37)30-25(36)8-9-26-27(30)22(13-38)33(39)48-26/h8-9,19-21H,3-7,10-12,14-18,39H2,1-2H3/t19?,20?,21-/m0/s1. The first-order valence-electron chi connectivity index (χ1n) is 16.7. The molecule has 0 aliphatic carbocycles. The van der Waals surface area contributed by atoms with Gasteiger partial charge in [0, 0.05) is 72.7 Å². The Labute approximate surface area is 282 Å². The van der Waals surface area contributed by atoms with Crippen molar-refractivity contribution >= 4 is 43.1 Å². The molecule has 4 aliphatic rings. The molecule has 2 unspecified atom stereocenters. The molecule has 2 aromatic carbocycles. The number of piperazine rings is 1. The van der Waals surface area contributed by atoms with Gasteiger partial charge in [0.25, 0.3) is 0 Å². The number of halogens is 2. The van der Waals surface area contributed by atoms with Crippen LogP contribution in [-0.4, -0.2) is 91.4 Å². The fourth-order valence-corrected chi connectivity index (χ4v) is 9.28. The van der Waals surface area contributed by atoms with Gasteiger partial charge >= 0.3 is 6.01 Å². The molecule has 3 saturated heterocycles. The second-order valence-corrected chi connectivity index (χ2v) is 14.5. The van der Waals surface area contributed by atoms with E-state index in [9.17, 15) is 5.26 Å². The number of benzene rings is 2. The molecule has 3 fully saturated rings. The molecule has 10 nitrogen and oxygen atoms in total. The van der Waals surface area contributed by atoms with Gasteiger partial charge in [0.15, 0.2) is 5.82 Å². The number of nitrogens with two attached hydrogens (primary N) is 1. The number of nitriles is 1. The molecule has 3 atom stereocenters. The Morgan fingerprint density at radius 3 is 2.60 bits per heavy atom. The monoisotopic (exact) mass is 675 g/mol. The minimum atomic E-state index is -0.675. The highest BCUT2D eigenvalue weighted by Gasteiger charge is 2.43. The average molecular weight is 676 g/mol. The lowest BCUT2D eigenvalue weighted by Gasteiger charge is -2.42. The van der Waals surface area contributed by atoms with Crippen molar-refractivity contribution in [2.75, 3.05) is 64.2 Å². The summed E-state index contributed by atoms with van der Waals surface area (Å²) in [5.74, 6) is -0.657. The maximum absolute atomic E-state index is 17.4. The summed E-state index contributed by atoms with van der Waals surface area (Å²) in [6, 6.07) is 5.73. The van der Waals surface area contributed by atoms with Crippen LogP contribution in [-0.2, 0) is 22.7 Å². The van der Waals surface area contributed by atoms with Gasteiger partial charge < -0.3 is 29.7 Å². The summed E-state index contributed by atoms with van der Waals surface area (Å²) in [5, 5.41) is 11.2. The smallest absolute Gasteiger partial charge is 0.319 e. The molecule has 48 heavy (non-hydrogen) atoms. The number of aromatic nitrogens is 2. The lowest BCUT2D eigenvalue weighted by atomic mass is 9.90. The number of nitrogens with zero attached hydrogens (tertiary/aromatic N) is 6. The second kappa shape index (κ2) is 12.7. The first-order valence-corrected chi connectivity index (χ1v) is 17.6. The van der Waals surface area contributed by atoms with E-state index in [2.05, 4.69) is 27.8 Å². The highest BCUT2D eigenvalue weighted by Crippen LogP contribution is 2.49. The van der Waals surface area contributed by atoms with Crippen LogP contribution in [0.4, 0.5) is 19.6 Å². The summed E-state index contributed by atoms with van der Waals surface area (Å²) in [6.07, 6.45) is 5.06. The summed E-state index contributed by atoms with van der Waals surface area (Å²) < 4.78 is 51.6. The zero-order valence-electron chi connectivity index (χ0n) is 27.2. The molecule has 0 amide bonds. The van der Waals surface area contributed by atoms with E-state index in [1.165, 1.54) is 17.4 Å². The first kappa shape index (κ1) is 31.6. The molecule has 4 aliphatic heterocycles. The summed E-state index contributed by atoms with van der Waals surface area (Å²) in [5.41, 5.74) is 7.79. The van der Waals surface area contributed by atoms with Crippen molar-refractivity contribution in [3.8, 4) is 23.2 Å². The van der Waals surface area contributed by atoms with Gasteiger partial charge in [-0.3, -0.25) is 4.90 Å². The van der Waals surface area contributed by atoms with Crippen LogP contribution in [0.25, 0.3) is 32.1 Å². The molecule has 252 valence electrons. The highest BCUT2D eigenvalue weighted by molar-refractivity contribution is 7.23. The molecule has 0 spiro atoms. The van der Waals surface area contributed by atoms with E-state index >= 15 is 8.78 Å². The zero-order valence-corrected chi connectivity index (χ0v) is 28.0. The van der Waals surface area contributed by atoms with Gasteiger partial charge in [-0.25, -0.2) is 8.78 Å². The fourth-order valence-electron chi connectivity index (χ4n) is 8.36. The van der Waals surface area contributed by atoms with Crippen molar-refractivity contribution in [3.05, 3.63) is 40.5 Å². The van der Waals surface area contributed by atoms with Crippen LogP contribution in [0, 0.1) is 23.0 Å². The zero-order chi connectivity index (χ0) is 33.1. The quantitative estimate of drug-likeness (QED) is 0.230. The van der Waals surface area contributed by atoms with Crippen LogP contribution >= 0.6 is 11.3 Å². The predicted molar refractivity (Wildman–Crippen MR) is 181 cm³/mol. The van der Waals surface area contributed by atoms with Crippen molar-refractivity contribution in [2.45, 2.75) is 63.4 Å². The van der Waals surface area contributed by atoms with Gasteiger partial charge in [-0.1, -0.05) is 0 Å². The van der Waals surface area contributed by atoms with Crippen LogP contribution in [0.2, 0.25) is 0 Å². The van der Waals surface area contributed by atoms with E-state index in [4.69, 9.17) is 29.9 Å². The second-order valence-electron chi connectivity index (χ2n) is 13.4. The van der Waals surface area contributed by atoms with E-state index in [-0.39, 0.29) is 64.6 Å². The lowest BCUT2D eigenvalue weighted by Crippen LogP contribution is -2.54. The molecule has 2 bridgehead atoms. The molecule has 2 N–H and O–H groups in total. The third kappa shape index (κ3) is 5.16. The number of methoxy groups -OCH3 is 1. The topological polar surface area (TPSA) is 113 Å². The molecule has 4 aromatic rings. The number of ether oxygens (including phenoxy) is 3. The molecule has 0 radical (unpaired) electrons. The highest BCUT2D eigenvalue weighted by atomic mass is 32.1. The average Bonchev–Trinajstić information content (AvgIpc) is 3.85. The molecular formula is C35H39F2N7O3S. The van der Waals surface area contributed by atoms with E-state index in [0.29, 0.717) is 33.5 Å². The molecule has 2 aromatic heterocycles. The van der Waals surface area contributed by atoms with Crippen LogP contribution in [0.3, 0.4) is 0 Å². The summed E-state index contributed by atoms with van der Waals surface area (Å²) in [4.78, 5) is 16.9. The Kier molecular flexibility index (Phi) is 8.33. The van der Waals surface area contributed by atoms with Crippen molar-refractivity contribution in [2.24, 2.45) is 0 Å². The Morgan fingerprint density at radius 2 is 1.88 bits per heavy atom. The van der Waals surface area contributed by atoms with E-state index in [1.54, 1.807) is 13.2 Å². The van der Waals surface area contributed by atoms with Gasteiger partial charge in [0.1, 0.15) is 34.8 Å². The van der Waals surface area contributed by atoms with Crippen LogP contribution < -0.4 is 15.4 Å².